The summed E-state index contributed by atoms with van der Waals surface area (Å²) in [5, 5.41) is 0. The van der Waals surface area contributed by atoms with E-state index < -0.39 is 0 Å². The normalized spacial score (nSPS) is 30.6. The number of rotatable bonds is 0. The Balaban J connectivity index is 0.000000581. The predicted octanol–water partition coefficient (Wildman–Crippen LogP) is 5.24. The quantitative estimate of drug-likeness (QED) is 0.562. The molecule has 0 saturated heterocycles. The summed E-state index contributed by atoms with van der Waals surface area (Å²) < 4.78 is 0. The van der Waals surface area contributed by atoms with Gasteiger partial charge in [0.15, 0.2) is 0 Å². The SMILES string of the molecule is C#C.CC12CCCC1C1=C(CC2)c2ccccc2CC1. The fourth-order valence-corrected chi connectivity index (χ4v) is 4.84. The zero-order chi connectivity index (χ0) is 14.2. The molecule has 1 saturated carbocycles. The molecule has 1 aromatic rings. The minimum absolute atomic E-state index is 0.644. The standard InChI is InChI=1S/C18H22.C2H2/c1-18-11-4-7-17(18)16-9-8-13-5-2-3-6-14(13)15(16)10-12-18;1-2/h2-3,5-6,17H,4,7-12H2,1H3;1-2H. The molecule has 2 atom stereocenters. The molecule has 0 radical (unpaired) electrons. The van der Waals surface area contributed by atoms with Gasteiger partial charge in [-0.25, -0.2) is 0 Å². The van der Waals surface area contributed by atoms with Gasteiger partial charge < -0.3 is 0 Å². The second-order valence-electron chi connectivity index (χ2n) is 6.76. The van der Waals surface area contributed by atoms with E-state index >= 15 is 0 Å². The van der Waals surface area contributed by atoms with Gasteiger partial charge in [-0.1, -0.05) is 43.2 Å². The molecular weight excluding hydrogens is 240 g/mol. The summed E-state index contributed by atoms with van der Waals surface area (Å²) in [6.45, 7) is 2.55. The smallest absolute Gasteiger partial charge is 0.0143 e. The van der Waals surface area contributed by atoms with Crippen molar-refractivity contribution in [2.75, 3.05) is 0 Å². The van der Waals surface area contributed by atoms with Crippen LogP contribution in [-0.2, 0) is 6.42 Å². The minimum atomic E-state index is 0.644. The third-order valence-corrected chi connectivity index (χ3v) is 5.84. The van der Waals surface area contributed by atoms with Crippen LogP contribution in [-0.4, -0.2) is 0 Å². The number of benzene rings is 1. The Morgan fingerprint density at radius 3 is 2.70 bits per heavy atom. The van der Waals surface area contributed by atoms with Crippen LogP contribution in [0, 0.1) is 24.2 Å². The van der Waals surface area contributed by atoms with E-state index in [0.29, 0.717) is 5.41 Å². The summed E-state index contributed by atoms with van der Waals surface area (Å²) in [7, 11) is 0. The highest BCUT2D eigenvalue weighted by Gasteiger charge is 2.44. The molecule has 0 heteroatoms. The highest BCUT2D eigenvalue weighted by molar-refractivity contribution is 5.74. The summed E-state index contributed by atoms with van der Waals surface area (Å²) in [5.41, 5.74) is 7.41. The van der Waals surface area contributed by atoms with Crippen LogP contribution in [0.5, 0.6) is 0 Å². The van der Waals surface area contributed by atoms with Gasteiger partial charge in [-0.3, -0.25) is 0 Å². The Morgan fingerprint density at radius 1 is 1.05 bits per heavy atom. The van der Waals surface area contributed by atoms with Crippen molar-refractivity contribution < 1.29 is 0 Å². The molecule has 0 aliphatic heterocycles. The molecule has 2 unspecified atom stereocenters. The fourth-order valence-electron chi connectivity index (χ4n) is 4.84. The number of aryl methyl sites for hydroxylation is 1. The number of allylic oxidation sites excluding steroid dienone is 2. The maximum absolute atomic E-state index is 4.00. The van der Waals surface area contributed by atoms with Gasteiger partial charge >= 0.3 is 0 Å². The van der Waals surface area contributed by atoms with Crippen molar-refractivity contribution in [3.63, 3.8) is 0 Å². The van der Waals surface area contributed by atoms with Gasteiger partial charge in [0.2, 0.25) is 0 Å². The van der Waals surface area contributed by atoms with Crippen molar-refractivity contribution in [3.8, 4) is 12.8 Å². The average molecular weight is 264 g/mol. The lowest BCUT2D eigenvalue weighted by Gasteiger charge is -2.42. The van der Waals surface area contributed by atoms with Crippen LogP contribution in [0.3, 0.4) is 0 Å². The molecule has 0 aromatic heterocycles. The van der Waals surface area contributed by atoms with Crippen LogP contribution >= 0.6 is 0 Å². The molecular formula is C20H24. The van der Waals surface area contributed by atoms with E-state index in [1.165, 1.54) is 44.9 Å². The van der Waals surface area contributed by atoms with Crippen molar-refractivity contribution >= 4 is 5.57 Å². The maximum Gasteiger partial charge on any atom is -0.0143 e. The second-order valence-corrected chi connectivity index (χ2v) is 6.76. The maximum atomic E-state index is 4.00. The first-order valence-electron chi connectivity index (χ1n) is 7.91. The summed E-state index contributed by atoms with van der Waals surface area (Å²) in [4.78, 5) is 0. The first-order valence-corrected chi connectivity index (χ1v) is 7.91. The van der Waals surface area contributed by atoms with E-state index in [-0.39, 0.29) is 0 Å². The third kappa shape index (κ3) is 1.92. The third-order valence-electron chi connectivity index (χ3n) is 5.84. The minimum Gasteiger partial charge on any atom is -0.124 e. The molecule has 4 rings (SSSR count). The van der Waals surface area contributed by atoms with Gasteiger partial charge in [0.25, 0.3) is 0 Å². The molecule has 0 nitrogen and oxygen atoms in total. The van der Waals surface area contributed by atoms with E-state index in [2.05, 4.69) is 44.0 Å². The Morgan fingerprint density at radius 2 is 1.85 bits per heavy atom. The summed E-state index contributed by atoms with van der Waals surface area (Å²) >= 11 is 0. The largest absolute Gasteiger partial charge is 0.124 e. The molecule has 0 heterocycles. The lowest BCUT2D eigenvalue weighted by molar-refractivity contribution is 0.226. The van der Waals surface area contributed by atoms with Crippen molar-refractivity contribution in [1.29, 1.82) is 0 Å². The van der Waals surface area contributed by atoms with Crippen LogP contribution in [0.2, 0.25) is 0 Å². The topological polar surface area (TPSA) is 0 Å². The summed E-state index contributed by atoms with van der Waals surface area (Å²) in [5.74, 6) is 0.912. The highest BCUT2D eigenvalue weighted by atomic mass is 14.5. The van der Waals surface area contributed by atoms with E-state index in [9.17, 15) is 0 Å². The van der Waals surface area contributed by atoms with E-state index in [1.807, 2.05) is 5.57 Å². The van der Waals surface area contributed by atoms with Crippen LogP contribution in [0.1, 0.15) is 56.6 Å². The number of terminal acetylenes is 1. The molecule has 1 aromatic carbocycles. The van der Waals surface area contributed by atoms with Gasteiger partial charge in [-0.05, 0) is 66.6 Å². The first-order chi connectivity index (χ1) is 9.78. The van der Waals surface area contributed by atoms with Crippen molar-refractivity contribution in [3.05, 3.63) is 41.0 Å². The number of fused-ring (bicyclic) bond motifs is 4. The highest BCUT2D eigenvalue weighted by Crippen LogP contribution is 2.57. The lowest BCUT2D eigenvalue weighted by Crippen LogP contribution is -2.29. The summed E-state index contributed by atoms with van der Waals surface area (Å²) in [6.07, 6.45) is 17.8. The van der Waals surface area contributed by atoms with Crippen molar-refractivity contribution in [2.45, 2.75) is 51.9 Å². The Labute approximate surface area is 123 Å². The lowest BCUT2D eigenvalue weighted by atomic mass is 9.63. The predicted molar refractivity (Wildman–Crippen MR) is 86.3 cm³/mol. The van der Waals surface area contributed by atoms with Crippen molar-refractivity contribution in [2.24, 2.45) is 11.3 Å². The molecule has 104 valence electrons. The fraction of sp³-hybridized carbons (Fsp3) is 0.500. The Kier molecular flexibility index (Phi) is 3.47. The van der Waals surface area contributed by atoms with Gasteiger partial charge in [0, 0.05) is 0 Å². The van der Waals surface area contributed by atoms with Crippen LogP contribution in [0.4, 0.5) is 0 Å². The zero-order valence-electron chi connectivity index (χ0n) is 12.5. The van der Waals surface area contributed by atoms with Crippen LogP contribution < -0.4 is 0 Å². The van der Waals surface area contributed by atoms with Gasteiger partial charge in [-0.2, -0.15) is 0 Å². The first kappa shape index (κ1) is 13.5. The molecule has 0 spiro atoms. The van der Waals surface area contributed by atoms with Gasteiger partial charge in [0.05, 0.1) is 0 Å². The molecule has 0 bridgehead atoms. The van der Waals surface area contributed by atoms with Gasteiger partial charge in [-0.15, -0.1) is 12.8 Å². The number of hydrogen-bond donors (Lipinski definition) is 0. The molecule has 3 aliphatic carbocycles. The Hall–Kier alpha value is -1.48. The molecule has 1 fully saturated rings. The van der Waals surface area contributed by atoms with E-state index in [0.717, 1.165) is 5.92 Å². The number of hydrogen-bond acceptors (Lipinski definition) is 0. The van der Waals surface area contributed by atoms with Crippen molar-refractivity contribution in [1.82, 2.24) is 0 Å². The molecule has 20 heavy (non-hydrogen) atoms. The molecule has 0 N–H and O–H groups in total. The van der Waals surface area contributed by atoms with Crippen LogP contribution in [0.15, 0.2) is 29.8 Å². The monoisotopic (exact) mass is 264 g/mol. The van der Waals surface area contributed by atoms with Gasteiger partial charge in [0.1, 0.15) is 0 Å². The average Bonchev–Trinajstić information content (AvgIpc) is 2.91. The molecule has 0 amide bonds. The molecule has 3 aliphatic rings. The second kappa shape index (κ2) is 5.13. The Bertz CT molecular complexity index is 560. The van der Waals surface area contributed by atoms with E-state index in [1.54, 1.807) is 16.7 Å². The summed E-state index contributed by atoms with van der Waals surface area (Å²) in [6, 6.07) is 9.12. The van der Waals surface area contributed by atoms with E-state index in [4.69, 9.17) is 0 Å². The zero-order valence-corrected chi connectivity index (χ0v) is 12.5. The van der Waals surface area contributed by atoms with Crippen LogP contribution in [0.25, 0.3) is 5.57 Å².